The molecule has 1 fully saturated rings. The summed E-state index contributed by atoms with van der Waals surface area (Å²) in [5.41, 5.74) is -3.25. The van der Waals surface area contributed by atoms with Crippen molar-refractivity contribution in [2.45, 2.75) is 24.9 Å². The number of nitro groups is 1. The topological polar surface area (TPSA) is 135 Å². The minimum Gasteiger partial charge on any atom is -0.459 e. The highest BCUT2D eigenvalue weighted by Gasteiger charge is 2.66. The van der Waals surface area contributed by atoms with Crippen LogP contribution in [-0.2, 0) is 0 Å². The number of furan rings is 1. The molecule has 1 aliphatic heterocycles. The molecule has 12 heteroatoms. The van der Waals surface area contributed by atoms with Crippen LogP contribution in [0.25, 0.3) is 11.3 Å². The predicted octanol–water partition coefficient (Wildman–Crippen LogP) is 4.27. The average Bonchev–Trinajstić information content (AvgIpc) is 3.28. The number of Topliss-reactive ketones (excluding diaryl/α,β-unsaturated/α-hetero) is 1. The molecular formula is C23H18F3N3O6. The first kappa shape index (κ1) is 24.0. The third kappa shape index (κ3) is 4.35. The molecule has 2 heterocycles. The summed E-state index contributed by atoms with van der Waals surface area (Å²) in [6.07, 6.45) is -5.41. The van der Waals surface area contributed by atoms with Gasteiger partial charge in [-0.25, -0.2) is 4.79 Å². The van der Waals surface area contributed by atoms with Gasteiger partial charge in [0, 0.05) is 23.3 Å². The van der Waals surface area contributed by atoms with Gasteiger partial charge in [0.1, 0.15) is 23.5 Å². The van der Waals surface area contributed by atoms with E-state index in [-0.39, 0.29) is 28.3 Å². The maximum atomic E-state index is 14.0. The van der Waals surface area contributed by atoms with Gasteiger partial charge in [0.15, 0.2) is 5.78 Å². The van der Waals surface area contributed by atoms with Crippen molar-refractivity contribution in [3.05, 3.63) is 87.7 Å². The molecule has 4 rings (SSSR count). The lowest BCUT2D eigenvalue weighted by Crippen LogP contribution is -2.72. The maximum Gasteiger partial charge on any atom is 0.437 e. The van der Waals surface area contributed by atoms with E-state index in [1.54, 1.807) is 6.92 Å². The van der Waals surface area contributed by atoms with Gasteiger partial charge in [-0.1, -0.05) is 42.0 Å². The van der Waals surface area contributed by atoms with E-state index in [0.29, 0.717) is 0 Å². The number of aryl methyl sites for hydroxylation is 1. The highest BCUT2D eigenvalue weighted by molar-refractivity contribution is 6.00. The molecule has 0 unspecified atom stereocenters. The monoisotopic (exact) mass is 489 g/mol. The molecule has 182 valence electrons. The number of carbonyl (C=O) groups excluding carboxylic acids is 2. The summed E-state index contributed by atoms with van der Waals surface area (Å²) in [6, 6.07) is 10.5. The van der Waals surface area contributed by atoms with E-state index >= 15 is 0 Å². The first-order chi connectivity index (χ1) is 16.4. The minimum atomic E-state index is -5.41. The molecule has 0 radical (unpaired) electrons. The van der Waals surface area contributed by atoms with E-state index in [1.165, 1.54) is 66.0 Å². The van der Waals surface area contributed by atoms with Gasteiger partial charge in [-0.2, -0.15) is 13.2 Å². The summed E-state index contributed by atoms with van der Waals surface area (Å²) < 4.78 is 47.7. The number of benzene rings is 2. The molecule has 2 aromatic carbocycles. The number of nitrogens with one attached hydrogen (secondary N) is 2. The van der Waals surface area contributed by atoms with Gasteiger partial charge in [0.05, 0.1) is 4.92 Å². The summed E-state index contributed by atoms with van der Waals surface area (Å²) in [5.74, 6) is -3.55. The van der Waals surface area contributed by atoms with Crippen molar-refractivity contribution in [2.24, 2.45) is 5.92 Å². The molecule has 0 bridgehead atoms. The first-order valence-electron chi connectivity index (χ1n) is 10.2. The SMILES string of the molecule is Cc1ccc(C(=O)[C@H]2[C@@H](c3ccc(-c4cccc([N+](=O)[O-])c4)o3)NC(=O)N[C@]2(O)C(F)(F)F)cc1. The molecule has 0 aliphatic carbocycles. The normalized spacial score (nSPS) is 22.3. The Balaban J connectivity index is 1.80. The lowest BCUT2D eigenvalue weighted by Gasteiger charge is -2.44. The number of aliphatic hydroxyl groups is 1. The van der Waals surface area contributed by atoms with Gasteiger partial charge in [-0.3, -0.25) is 14.9 Å². The molecule has 3 N–H and O–H groups in total. The Bertz CT molecular complexity index is 1300. The molecule has 1 aliphatic rings. The summed E-state index contributed by atoms with van der Waals surface area (Å²) in [4.78, 5) is 35.9. The quantitative estimate of drug-likeness (QED) is 0.278. The Kier molecular flexibility index (Phi) is 5.85. The number of halogens is 3. The fourth-order valence-corrected chi connectivity index (χ4v) is 3.92. The van der Waals surface area contributed by atoms with Gasteiger partial charge >= 0.3 is 12.2 Å². The van der Waals surface area contributed by atoms with Crippen molar-refractivity contribution in [1.29, 1.82) is 0 Å². The highest BCUT2D eigenvalue weighted by Crippen LogP contribution is 2.44. The van der Waals surface area contributed by atoms with Gasteiger partial charge in [-0.15, -0.1) is 0 Å². The Morgan fingerprint density at radius 1 is 1.14 bits per heavy atom. The molecule has 2 amide bonds. The number of carbonyl (C=O) groups is 2. The van der Waals surface area contributed by atoms with E-state index in [2.05, 4.69) is 5.32 Å². The second-order valence-electron chi connectivity index (χ2n) is 8.06. The number of ketones is 1. The smallest absolute Gasteiger partial charge is 0.437 e. The summed E-state index contributed by atoms with van der Waals surface area (Å²) >= 11 is 0. The number of rotatable bonds is 5. The van der Waals surface area contributed by atoms with Crippen LogP contribution in [0.15, 0.2) is 65.1 Å². The van der Waals surface area contributed by atoms with Crippen molar-refractivity contribution >= 4 is 17.5 Å². The summed E-state index contributed by atoms with van der Waals surface area (Å²) in [6.45, 7) is 1.73. The lowest BCUT2D eigenvalue weighted by molar-refractivity contribution is -0.384. The van der Waals surface area contributed by atoms with Crippen LogP contribution in [0.1, 0.15) is 27.7 Å². The van der Waals surface area contributed by atoms with Crippen molar-refractivity contribution in [2.75, 3.05) is 0 Å². The molecular weight excluding hydrogens is 471 g/mol. The van der Waals surface area contributed by atoms with Crippen LogP contribution >= 0.6 is 0 Å². The molecule has 9 nitrogen and oxygen atoms in total. The number of amides is 2. The standard InChI is InChI=1S/C23H18F3N3O6/c1-12-5-7-13(8-6-12)20(30)18-19(27-21(31)28-22(18,32)23(24,25)26)17-10-9-16(35-17)14-3-2-4-15(11-14)29(33)34/h2-11,18-19,32H,1H3,(H2,27,28,31)/t18-,19-,22-/m1/s1. The van der Waals surface area contributed by atoms with Crippen LogP contribution in [0.3, 0.4) is 0 Å². The predicted molar refractivity (Wildman–Crippen MR) is 115 cm³/mol. The van der Waals surface area contributed by atoms with E-state index in [0.717, 1.165) is 5.56 Å². The fraction of sp³-hybridized carbons (Fsp3) is 0.217. The average molecular weight is 489 g/mol. The number of hydrogen-bond acceptors (Lipinski definition) is 6. The Morgan fingerprint density at radius 2 is 1.83 bits per heavy atom. The van der Waals surface area contributed by atoms with Crippen LogP contribution < -0.4 is 10.6 Å². The zero-order chi connectivity index (χ0) is 25.5. The van der Waals surface area contributed by atoms with Crippen LogP contribution in [0.5, 0.6) is 0 Å². The Hall–Kier alpha value is -4.19. The molecule has 1 saturated heterocycles. The molecule has 0 saturated carbocycles. The second-order valence-corrected chi connectivity index (χ2v) is 8.06. The van der Waals surface area contributed by atoms with Gasteiger partial charge in [-0.05, 0) is 19.1 Å². The first-order valence-corrected chi connectivity index (χ1v) is 10.2. The van der Waals surface area contributed by atoms with Crippen LogP contribution in [0, 0.1) is 23.0 Å². The highest BCUT2D eigenvalue weighted by atomic mass is 19.4. The largest absolute Gasteiger partial charge is 0.459 e. The number of alkyl halides is 3. The van der Waals surface area contributed by atoms with Crippen molar-refractivity contribution < 1.29 is 37.2 Å². The number of nitrogens with zero attached hydrogens (tertiary/aromatic N) is 1. The Labute approximate surface area is 195 Å². The van der Waals surface area contributed by atoms with Crippen molar-refractivity contribution in [3.63, 3.8) is 0 Å². The van der Waals surface area contributed by atoms with Crippen molar-refractivity contribution in [1.82, 2.24) is 10.6 Å². The summed E-state index contributed by atoms with van der Waals surface area (Å²) in [5, 5.41) is 25.4. The number of urea groups is 1. The number of nitro benzene ring substituents is 1. The van der Waals surface area contributed by atoms with E-state index in [9.17, 15) is 38.0 Å². The van der Waals surface area contributed by atoms with E-state index in [4.69, 9.17) is 4.42 Å². The van der Waals surface area contributed by atoms with Crippen LogP contribution in [-0.4, -0.2) is 33.7 Å². The molecule has 0 spiro atoms. The second kappa shape index (κ2) is 8.55. The number of non-ortho nitro benzene ring substituents is 1. The molecule has 3 atom stereocenters. The summed E-state index contributed by atoms with van der Waals surface area (Å²) in [7, 11) is 0. The molecule has 1 aromatic heterocycles. The zero-order valence-corrected chi connectivity index (χ0v) is 18.0. The fourth-order valence-electron chi connectivity index (χ4n) is 3.92. The zero-order valence-electron chi connectivity index (χ0n) is 18.0. The van der Waals surface area contributed by atoms with E-state index in [1.807, 2.05) is 0 Å². The van der Waals surface area contributed by atoms with Crippen LogP contribution in [0.2, 0.25) is 0 Å². The molecule has 3 aromatic rings. The number of hydrogen-bond donors (Lipinski definition) is 3. The third-order valence-corrected chi connectivity index (χ3v) is 5.70. The van der Waals surface area contributed by atoms with Crippen LogP contribution in [0.4, 0.5) is 23.7 Å². The third-order valence-electron chi connectivity index (χ3n) is 5.70. The van der Waals surface area contributed by atoms with Gasteiger partial charge in [0.25, 0.3) is 5.69 Å². The Morgan fingerprint density at radius 3 is 2.46 bits per heavy atom. The van der Waals surface area contributed by atoms with E-state index < -0.39 is 40.6 Å². The molecule has 35 heavy (non-hydrogen) atoms. The van der Waals surface area contributed by atoms with Gasteiger partial charge in [0.2, 0.25) is 5.72 Å². The van der Waals surface area contributed by atoms with Gasteiger partial charge < -0.3 is 20.2 Å². The lowest BCUT2D eigenvalue weighted by atomic mass is 9.79. The maximum absolute atomic E-state index is 14.0. The minimum absolute atomic E-state index is 0.0496. The van der Waals surface area contributed by atoms with Crippen molar-refractivity contribution in [3.8, 4) is 11.3 Å².